The molecule has 1 atom stereocenters. The van der Waals surface area contributed by atoms with E-state index in [1.54, 1.807) is 24.3 Å². The first-order valence-corrected chi connectivity index (χ1v) is 9.26. The van der Waals surface area contributed by atoms with Crippen LogP contribution in [0, 0.1) is 0 Å². The van der Waals surface area contributed by atoms with Gasteiger partial charge in [0.1, 0.15) is 0 Å². The van der Waals surface area contributed by atoms with Crippen LogP contribution in [0.2, 0.25) is 0 Å². The molecule has 1 N–H and O–H groups in total. The minimum Gasteiger partial charge on any atom is -0.465 e. The normalized spacial score (nSPS) is 11.5. The highest BCUT2D eigenvalue weighted by molar-refractivity contribution is 5.92. The molecule has 0 unspecified atom stereocenters. The van der Waals surface area contributed by atoms with Crippen LogP contribution in [0.1, 0.15) is 28.4 Å². The SMILES string of the molecule is COC(=O)c1ccc(/C=C/C(=O)OCC(=O)N[C@@H](Cc2ccccc2)C(C)=O)cc1. The molecule has 0 saturated carbocycles. The number of esters is 2. The minimum absolute atomic E-state index is 0.186. The average Bonchev–Trinajstić information content (AvgIpc) is 2.76. The Morgan fingerprint density at radius 1 is 1.00 bits per heavy atom. The molecule has 156 valence electrons. The molecule has 2 aromatic rings. The molecule has 2 rings (SSSR count). The maximum Gasteiger partial charge on any atom is 0.337 e. The molecule has 0 radical (unpaired) electrons. The van der Waals surface area contributed by atoms with Gasteiger partial charge in [0.2, 0.25) is 0 Å². The lowest BCUT2D eigenvalue weighted by molar-refractivity contribution is -0.144. The van der Waals surface area contributed by atoms with Crippen LogP contribution >= 0.6 is 0 Å². The van der Waals surface area contributed by atoms with Crippen molar-refractivity contribution in [3.63, 3.8) is 0 Å². The second kappa shape index (κ2) is 11.3. The molecule has 7 heteroatoms. The molecule has 0 aliphatic rings. The molecule has 7 nitrogen and oxygen atoms in total. The van der Waals surface area contributed by atoms with Crippen molar-refractivity contribution in [3.05, 3.63) is 77.4 Å². The Kier molecular flexibility index (Phi) is 8.50. The number of carbonyl (C=O) groups is 4. The number of carbonyl (C=O) groups excluding carboxylic acids is 4. The lowest BCUT2D eigenvalue weighted by Crippen LogP contribution is -2.43. The van der Waals surface area contributed by atoms with E-state index in [0.717, 1.165) is 5.56 Å². The van der Waals surface area contributed by atoms with E-state index in [0.29, 0.717) is 17.5 Å². The first-order valence-electron chi connectivity index (χ1n) is 9.26. The maximum atomic E-state index is 12.0. The van der Waals surface area contributed by atoms with E-state index in [1.165, 1.54) is 26.2 Å². The van der Waals surface area contributed by atoms with Crippen molar-refractivity contribution in [3.8, 4) is 0 Å². The average molecular weight is 409 g/mol. The van der Waals surface area contributed by atoms with Crippen molar-refractivity contribution in [1.82, 2.24) is 5.32 Å². The van der Waals surface area contributed by atoms with E-state index in [2.05, 4.69) is 10.1 Å². The summed E-state index contributed by atoms with van der Waals surface area (Å²) in [5.41, 5.74) is 1.98. The highest BCUT2D eigenvalue weighted by atomic mass is 16.5. The molecular weight excluding hydrogens is 386 g/mol. The number of ether oxygens (including phenoxy) is 2. The van der Waals surface area contributed by atoms with Crippen LogP contribution in [-0.4, -0.2) is 43.4 Å². The minimum atomic E-state index is -0.704. The van der Waals surface area contributed by atoms with E-state index in [-0.39, 0.29) is 5.78 Å². The van der Waals surface area contributed by atoms with Gasteiger partial charge in [-0.2, -0.15) is 0 Å². The van der Waals surface area contributed by atoms with Crippen molar-refractivity contribution in [1.29, 1.82) is 0 Å². The van der Waals surface area contributed by atoms with E-state index in [1.807, 2.05) is 30.3 Å². The van der Waals surface area contributed by atoms with Gasteiger partial charge in [0.15, 0.2) is 12.4 Å². The van der Waals surface area contributed by atoms with Gasteiger partial charge in [-0.25, -0.2) is 9.59 Å². The molecule has 0 aliphatic carbocycles. The third kappa shape index (κ3) is 7.35. The summed E-state index contributed by atoms with van der Waals surface area (Å²) >= 11 is 0. The Morgan fingerprint density at radius 2 is 1.67 bits per heavy atom. The Morgan fingerprint density at radius 3 is 2.27 bits per heavy atom. The van der Waals surface area contributed by atoms with Gasteiger partial charge in [-0.05, 0) is 42.7 Å². The molecule has 0 aliphatic heterocycles. The van der Waals surface area contributed by atoms with Crippen molar-refractivity contribution in [2.45, 2.75) is 19.4 Å². The largest absolute Gasteiger partial charge is 0.465 e. The van der Waals surface area contributed by atoms with Crippen LogP contribution in [0.4, 0.5) is 0 Å². The number of rotatable bonds is 9. The summed E-state index contributed by atoms with van der Waals surface area (Å²) in [5, 5.41) is 2.58. The lowest BCUT2D eigenvalue weighted by Gasteiger charge is -2.16. The van der Waals surface area contributed by atoms with Crippen LogP contribution in [-0.2, 0) is 30.3 Å². The molecule has 0 bridgehead atoms. The third-order valence-corrected chi connectivity index (χ3v) is 4.20. The summed E-state index contributed by atoms with van der Waals surface area (Å²) < 4.78 is 9.53. The molecular formula is C23H23NO6. The fourth-order valence-corrected chi connectivity index (χ4v) is 2.58. The van der Waals surface area contributed by atoms with E-state index >= 15 is 0 Å². The smallest absolute Gasteiger partial charge is 0.337 e. The van der Waals surface area contributed by atoms with E-state index in [4.69, 9.17) is 4.74 Å². The van der Waals surface area contributed by atoms with Crippen molar-refractivity contribution < 1.29 is 28.7 Å². The Balaban J connectivity index is 1.82. The first kappa shape index (κ1) is 22.5. The van der Waals surface area contributed by atoms with Gasteiger partial charge < -0.3 is 14.8 Å². The number of hydrogen-bond acceptors (Lipinski definition) is 6. The van der Waals surface area contributed by atoms with Gasteiger partial charge in [-0.1, -0.05) is 42.5 Å². The molecule has 0 fully saturated rings. The van der Waals surface area contributed by atoms with Crippen LogP contribution in [0.5, 0.6) is 0 Å². The third-order valence-electron chi connectivity index (χ3n) is 4.20. The summed E-state index contributed by atoms with van der Waals surface area (Å²) in [5.74, 6) is -1.90. The van der Waals surface area contributed by atoms with Gasteiger partial charge in [-0.3, -0.25) is 9.59 Å². The fourth-order valence-electron chi connectivity index (χ4n) is 2.58. The van der Waals surface area contributed by atoms with Gasteiger partial charge >= 0.3 is 11.9 Å². The lowest BCUT2D eigenvalue weighted by atomic mass is 10.0. The summed E-state index contributed by atoms with van der Waals surface area (Å²) in [4.78, 5) is 47.1. The quantitative estimate of drug-likeness (QED) is 0.504. The van der Waals surface area contributed by atoms with E-state index in [9.17, 15) is 19.2 Å². The van der Waals surface area contributed by atoms with E-state index < -0.39 is 30.5 Å². The summed E-state index contributed by atoms with van der Waals surface area (Å²) in [6.07, 6.45) is 3.03. The number of benzene rings is 2. The molecule has 1 amide bonds. The van der Waals surface area contributed by atoms with Gasteiger partial charge in [0.25, 0.3) is 5.91 Å². The zero-order chi connectivity index (χ0) is 21.9. The van der Waals surface area contributed by atoms with Crippen molar-refractivity contribution >= 4 is 29.7 Å². The van der Waals surface area contributed by atoms with Gasteiger partial charge in [0, 0.05) is 6.08 Å². The molecule has 0 aromatic heterocycles. The summed E-state index contributed by atoms with van der Waals surface area (Å²) in [7, 11) is 1.29. The van der Waals surface area contributed by atoms with Crippen LogP contribution in [0.25, 0.3) is 6.08 Å². The Labute approximate surface area is 174 Å². The van der Waals surface area contributed by atoms with Crippen molar-refractivity contribution in [2.75, 3.05) is 13.7 Å². The molecule has 2 aromatic carbocycles. The second-order valence-electron chi connectivity index (χ2n) is 6.48. The predicted molar refractivity (Wildman–Crippen MR) is 111 cm³/mol. The summed E-state index contributed by atoms with van der Waals surface area (Å²) in [6.45, 7) is 0.900. The first-order chi connectivity index (χ1) is 14.4. The molecule has 30 heavy (non-hydrogen) atoms. The Hall–Kier alpha value is -3.74. The number of hydrogen-bond donors (Lipinski definition) is 1. The van der Waals surface area contributed by atoms with Crippen LogP contribution in [0.3, 0.4) is 0 Å². The van der Waals surface area contributed by atoms with Gasteiger partial charge in [-0.15, -0.1) is 0 Å². The number of methoxy groups -OCH3 is 1. The monoisotopic (exact) mass is 409 g/mol. The van der Waals surface area contributed by atoms with Gasteiger partial charge in [0.05, 0.1) is 18.7 Å². The molecule has 0 saturated heterocycles. The number of amides is 1. The van der Waals surface area contributed by atoms with Crippen LogP contribution < -0.4 is 5.32 Å². The summed E-state index contributed by atoms with van der Waals surface area (Å²) in [6, 6.07) is 15.0. The van der Waals surface area contributed by atoms with Crippen molar-refractivity contribution in [2.24, 2.45) is 0 Å². The highest BCUT2D eigenvalue weighted by Crippen LogP contribution is 2.08. The number of Topliss-reactive ketones (excluding diaryl/α,β-unsaturated/α-hetero) is 1. The predicted octanol–water partition coefficient (Wildman–Crippen LogP) is 2.35. The zero-order valence-corrected chi connectivity index (χ0v) is 16.8. The highest BCUT2D eigenvalue weighted by Gasteiger charge is 2.18. The number of nitrogens with one attached hydrogen (secondary N) is 1. The standard InChI is InChI=1S/C23H23NO6/c1-16(25)20(14-18-6-4-3-5-7-18)24-21(26)15-30-22(27)13-10-17-8-11-19(12-9-17)23(28)29-2/h3-13,20H,14-15H2,1-2H3,(H,24,26)/b13-10+/t20-/m0/s1. The Bertz CT molecular complexity index is 918. The topological polar surface area (TPSA) is 98.8 Å². The second-order valence-corrected chi connectivity index (χ2v) is 6.48. The maximum absolute atomic E-state index is 12.0. The zero-order valence-electron chi connectivity index (χ0n) is 16.8. The molecule has 0 spiro atoms. The number of ketones is 1. The molecule has 0 heterocycles. The van der Waals surface area contributed by atoms with Crippen LogP contribution in [0.15, 0.2) is 60.7 Å². The fraction of sp³-hybridized carbons (Fsp3) is 0.217.